The van der Waals surface area contributed by atoms with Crippen LogP contribution in [0.4, 0.5) is 0 Å². The van der Waals surface area contributed by atoms with Gasteiger partial charge in [-0.3, -0.25) is 0 Å². The topological polar surface area (TPSA) is 21.3 Å². The highest BCUT2D eigenvalue weighted by Gasteiger charge is 2.01. The van der Waals surface area contributed by atoms with Crippen LogP contribution in [0.5, 0.6) is 5.75 Å². The van der Waals surface area contributed by atoms with Gasteiger partial charge in [0.15, 0.2) is 0 Å². The minimum Gasteiger partial charge on any atom is -0.494 e. The third kappa shape index (κ3) is 4.36. The van der Waals surface area contributed by atoms with E-state index in [0.717, 1.165) is 17.9 Å². The van der Waals surface area contributed by atoms with Crippen LogP contribution in [0, 0.1) is 0 Å². The molecule has 0 atom stereocenters. The van der Waals surface area contributed by atoms with Crippen LogP contribution >= 0.6 is 11.6 Å². The van der Waals surface area contributed by atoms with E-state index in [9.17, 15) is 0 Å². The minimum absolute atomic E-state index is 0.613. The van der Waals surface area contributed by atoms with Gasteiger partial charge in [-0.05, 0) is 13.0 Å². The molecule has 0 fully saturated rings. The summed E-state index contributed by atoms with van der Waals surface area (Å²) in [5.41, 5.74) is 1.14. The third-order valence-electron chi connectivity index (χ3n) is 1.90. The summed E-state index contributed by atoms with van der Waals surface area (Å²) >= 11 is 5.66. The summed E-state index contributed by atoms with van der Waals surface area (Å²) in [6.07, 6.45) is 0. The molecular weight excluding hydrogens is 210 g/mol. The highest BCUT2D eigenvalue weighted by molar-refractivity contribution is 6.29. The summed E-state index contributed by atoms with van der Waals surface area (Å²) in [7, 11) is 0. The molecule has 82 valence electrons. The molecule has 2 nitrogen and oxygen atoms in total. The maximum atomic E-state index is 5.66. The Balaban J connectivity index is 2.55. The molecule has 0 amide bonds. The first-order chi connectivity index (χ1) is 7.24. The number of hydrogen-bond donors (Lipinski definition) is 1. The number of para-hydroxylation sites is 1. The number of ether oxygens (including phenoxy) is 1. The fourth-order valence-electron chi connectivity index (χ4n) is 1.28. The second-order valence-electron chi connectivity index (χ2n) is 3.16. The molecular formula is C12H16ClNO. The van der Waals surface area contributed by atoms with Gasteiger partial charge in [0.1, 0.15) is 5.75 Å². The van der Waals surface area contributed by atoms with Crippen molar-refractivity contribution in [3.05, 3.63) is 41.4 Å². The lowest BCUT2D eigenvalue weighted by Crippen LogP contribution is -2.15. The molecule has 0 radical (unpaired) electrons. The van der Waals surface area contributed by atoms with Crippen molar-refractivity contribution in [1.29, 1.82) is 0 Å². The summed E-state index contributed by atoms with van der Waals surface area (Å²) in [6, 6.07) is 7.97. The van der Waals surface area contributed by atoms with Gasteiger partial charge in [-0.1, -0.05) is 36.4 Å². The van der Waals surface area contributed by atoms with Crippen molar-refractivity contribution in [1.82, 2.24) is 5.32 Å². The molecule has 0 bridgehead atoms. The van der Waals surface area contributed by atoms with E-state index in [-0.39, 0.29) is 0 Å². The Morgan fingerprint density at radius 3 is 2.87 bits per heavy atom. The fraction of sp³-hybridized carbons (Fsp3) is 0.333. The highest BCUT2D eigenvalue weighted by atomic mass is 35.5. The Morgan fingerprint density at radius 1 is 1.47 bits per heavy atom. The smallest absolute Gasteiger partial charge is 0.123 e. The van der Waals surface area contributed by atoms with Gasteiger partial charge in [0.05, 0.1) is 6.61 Å². The van der Waals surface area contributed by atoms with E-state index in [1.54, 1.807) is 0 Å². The molecule has 15 heavy (non-hydrogen) atoms. The molecule has 0 saturated heterocycles. The summed E-state index contributed by atoms with van der Waals surface area (Å²) in [6.45, 7) is 7.62. The zero-order chi connectivity index (χ0) is 11.1. The van der Waals surface area contributed by atoms with Crippen LogP contribution < -0.4 is 10.1 Å². The zero-order valence-corrected chi connectivity index (χ0v) is 9.68. The summed E-state index contributed by atoms with van der Waals surface area (Å²) in [5.74, 6) is 0.924. The van der Waals surface area contributed by atoms with Gasteiger partial charge < -0.3 is 10.1 Å². The van der Waals surface area contributed by atoms with Crippen LogP contribution in [0.3, 0.4) is 0 Å². The molecule has 1 rings (SSSR count). The average molecular weight is 226 g/mol. The Morgan fingerprint density at radius 2 is 2.20 bits per heavy atom. The van der Waals surface area contributed by atoms with E-state index in [2.05, 4.69) is 11.9 Å². The standard InChI is InChI=1S/C12H16ClNO/c1-3-15-12-7-5-4-6-11(12)9-14-8-10(2)13/h4-7,14H,2-3,8-9H2,1H3. The second kappa shape index (κ2) is 6.49. The van der Waals surface area contributed by atoms with E-state index in [1.807, 2.05) is 31.2 Å². The Kier molecular flexibility index (Phi) is 5.22. The molecule has 3 heteroatoms. The van der Waals surface area contributed by atoms with E-state index < -0.39 is 0 Å². The normalized spacial score (nSPS) is 10.0. The van der Waals surface area contributed by atoms with Crippen molar-refractivity contribution >= 4 is 11.6 Å². The quantitative estimate of drug-likeness (QED) is 0.804. The predicted molar refractivity (Wildman–Crippen MR) is 64.3 cm³/mol. The van der Waals surface area contributed by atoms with Crippen LogP contribution in [0.15, 0.2) is 35.9 Å². The predicted octanol–water partition coefficient (Wildman–Crippen LogP) is 2.93. The van der Waals surface area contributed by atoms with Gasteiger partial charge in [-0.15, -0.1) is 0 Å². The van der Waals surface area contributed by atoms with E-state index in [0.29, 0.717) is 18.2 Å². The summed E-state index contributed by atoms with van der Waals surface area (Å²) in [4.78, 5) is 0. The molecule has 0 aromatic heterocycles. The van der Waals surface area contributed by atoms with Gasteiger partial charge in [0.25, 0.3) is 0 Å². The first-order valence-corrected chi connectivity index (χ1v) is 5.36. The van der Waals surface area contributed by atoms with Crippen LogP contribution in [0.1, 0.15) is 12.5 Å². The Hall–Kier alpha value is -0.990. The molecule has 0 unspecified atom stereocenters. The monoisotopic (exact) mass is 225 g/mol. The molecule has 1 aromatic carbocycles. The molecule has 0 aliphatic carbocycles. The van der Waals surface area contributed by atoms with E-state index in [1.165, 1.54) is 0 Å². The number of halogens is 1. The van der Waals surface area contributed by atoms with Crippen molar-refractivity contribution in [3.8, 4) is 5.75 Å². The number of hydrogen-bond acceptors (Lipinski definition) is 2. The number of nitrogens with one attached hydrogen (secondary N) is 1. The average Bonchev–Trinajstić information content (AvgIpc) is 2.20. The van der Waals surface area contributed by atoms with Gasteiger partial charge in [0, 0.05) is 23.7 Å². The van der Waals surface area contributed by atoms with Gasteiger partial charge >= 0.3 is 0 Å². The molecule has 1 aromatic rings. The van der Waals surface area contributed by atoms with Crippen molar-refractivity contribution in [2.75, 3.05) is 13.2 Å². The minimum atomic E-state index is 0.613. The SMILES string of the molecule is C=C(Cl)CNCc1ccccc1OCC. The molecule has 0 saturated carbocycles. The van der Waals surface area contributed by atoms with Gasteiger partial charge in [0.2, 0.25) is 0 Å². The highest BCUT2D eigenvalue weighted by Crippen LogP contribution is 2.17. The maximum Gasteiger partial charge on any atom is 0.123 e. The Bertz CT molecular complexity index is 325. The first-order valence-electron chi connectivity index (χ1n) is 4.98. The largest absolute Gasteiger partial charge is 0.494 e. The molecule has 0 heterocycles. The van der Waals surface area contributed by atoms with Crippen LogP contribution in [0.25, 0.3) is 0 Å². The zero-order valence-electron chi connectivity index (χ0n) is 8.92. The lowest BCUT2D eigenvalue weighted by Gasteiger charge is -2.10. The number of benzene rings is 1. The molecule has 0 spiro atoms. The van der Waals surface area contributed by atoms with Crippen molar-refractivity contribution in [2.45, 2.75) is 13.5 Å². The second-order valence-corrected chi connectivity index (χ2v) is 3.70. The van der Waals surface area contributed by atoms with Crippen molar-refractivity contribution < 1.29 is 4.74 Å². The third-order valence-corrected chi connectivity index (χ3v) is 2.04. The van der Waals surface area contributed by atoms with E-state index in [4.69, 9.17) is 16.3 Å². The van der Waals surface area contributed by atoms with Crippen LogP contribution in [-0.2, 0) is 6.54 Å². The molecule has 0 aliphatic heterocycles. The first kappa shape index (κ1) is 12.1. The molecule has 0 aliphatic rings. The van der Waals surface area contributed by atoms with Crippen molar-refractivity contribution in [3.63, 3.8) is 0 Å². The summed E-state index contributed by atoms with van der Waals surface area (Å²) < 4.78 is 5.50. The van der Waals surface area contributed by atoms with Crippen LogP contribution in [0.2, 0.25) is 0 Å². The lowest BCUT2D eigenvalue weighted by molar-refractivity contribution is 0.335. The van der Waals surface area contributed by atoms with Gasteiger partial charge in [-0.25, -0.2) is 0 Å². The van der Waals surface area contributed by atoms with E-state index >= 15 is 0 Å². The Labute approximate surface area is 95.9 Å². The van der Waals surface area contributed by atoms with Crippen molar-refractivity contribution in [2.24, 2.45) is 0 Å². The fourth-order valence-corrected chi connectivity index (χ4v) is 1.37. The van der Waals surface area contributed by atoms with Gasteiger partial charge in [-0.2, -0.15) is 0 Å². The number of rotatable bonds is 6. The lowest BCUT2D eigenvalue weighted by atomic mass is 10.2. The van der Waals surface area contributed by atoms with Crippen LogP contribution in [-0.4, -0.2) is 13.2 Å². The summed E-state index contributed by atoms with van der Waals surface area (Å²) in [5, 5.41) is 3.80. The molecule has 1 N–H and O–H groups in total. The maximum absolute atomic E-state index is 5.66.